The number of hydrogen-bond acceptors (Lipinski definition) is 3. The molecular weight excluding hydrogens is 318 g/mol. The number of carbonyl (C=O) groups is 1. The number of nitrogens with one attached hydrogen (secondary N) is 1. The smallest absolute Gasteiger partial charge is 0.317 e. The van der Waals surface area contributed by atoms with Crippen molar-refractivity contribution in [3.8, 4) is 0 Å². The first-order valence-corrected chi connectivity index (χ1v) is 8.35. The molecule has 0 radical (unpaired) electrons. The molecule has 1 aliphatic heterocycles. The fraction of sp³-hybridized carbons (Fsp3) is 0.316. The minimum absolute atomic E-state index is 0.00528. The fourth-order valence-electron chi connectivity index (χ4n) is 3.38. The van der Waals surface area contributed by atoms with Crippen molar-refractivity contribution in [2.24, 2.45) is 0 Å². The minimum atomic E-state index is -0.467. The summed E-state index contributed by atoms with van der Waals surface area (Å²) in [5.41, 5.74) is 3.21. The van der Waals surface area contributed by atoms with Crippen LogP contribution in [0.4, 0.5) is 16.2 Å². The van der Waals surface area contributed by atoms with Gasteiger partial charge >= 0.3 is 6.03 Å². The van der Waals surface area contributed by atoms with Gasteiger partial charge in [-0.3, -0.25) is 10.1 Å². The highest BCUT2D eigenvalue weighted by Crippen LogP contribution is 2.34. The van der Waals surface area contributed by atoms with E-state index in [2.05, 4.69) is 5.32 Å². The molecule has 1 fully saturated rings. The van der Waals surface area contributed by atoms with Crippen molar-refractivity contribution in [3.63, 3.8) is 0 Å². The van der Waals surface area contributed by atoms with Gasteiger partial charge in [-0.1, -0.05) is 30.3 Å². The predicted molar refractivity (Wildman–Crippen MR) is 96.7 cm³/mol. The molecule has 0 spiro atoms. The van der Waals surface area contributed by atoms with Gasteiger partial charge in [0, 0.05) is 12.6 Å². The number of aryl methyl sites for hydroxylation is 2. The van der Waals surface area contributed by atoms with Crippen molar-refractivity contribution < 1.29 is 9.72 Å². The number of nitro groups is 1. The van der Waals surface area contributed by atoms with Crippen LogP contribution in [-0.2, 0) is 0 Å². The summed E-state index contributed by atoms with van der Waals surface area (Å²) in [6.07, 6.45) is 1.82. The van der Waals surface area contributed by atoms with Crippen molar-refractivity contribution in [2.45, 2.75) is 32.7 Å². The molecule has 6 heteroatoms. The molecule has 130 valence electrons. The minimum Gasteiger partial charge on any atom is -0.317 e. The van der Waals surface area contributed by atoms with Crippen molar-refractivity contribution >= 4 is 17.4 Å². The molecule has 6 nitrogen and oxygen atoms in total. The lowest BCUT2D eigenvalue weighted by Crippen LogP contribution is -2.34. The van der Waals surface area contributed by atoms with Crippen LogP contribution in [0.1, 0.15) is 35.6 Å². The molecule has 0 bridgehead atoms. The lowest BCUT2D eigenvalue weighted by atomic mass is 9.99. The SMILES string of the molecule is Cc1ccc(NC(=O)N2CCCC2c2ccccc2C)c([N+](=O)[O-])c1. The van der Waals surface area contributed by atoms with Gasteiger partial charge in [-0.2, -0.15) is 0 Å². The molecule has 3 rings (SSSR count). The third kappa shape index (κ3) is 3.47. The van der Waals surface area contributed by atoms with Crippen LogP contribution in [0.25, 0.3) is 0 Å². The molecule has 2 amide bonds. The molecule has 0 saturated carbocycles. The summed E-state index contributed by atoms with van der Waals surface area (Å²) in [6.45, 7) is 4.46. The molecule has 1 unspecified atom stereocenters. The zero-order chi connectivity index (χ0) is 18.0. The van der Waals surface area contributed by atoms with Crippen LogP contribution >= 0.6 is 0 Å². The lowest BCUT2D eigenvalue weighted by molar-refractivity contribution is -0.384. The Morgan fingerprint density at radius 2 is 2.00 bits per heavy atom. The van der Waals surface area contributed by atoms with Crippen LogP contribution in [0.3, 0.4) is 0 Å². The normalized spacial score (nSPS) is 16.7. The van der Waals surface area contributed by atoms with E-state index in [0.717, 1.165) is 29.5 Å². The number of hydrogen-bond donors (Lipinski definition) is 1. The van der Waals surface area contributed by atoms with E-state index in [0.29, 0.717) is 6.54 Å². The van der Waals surface area contributed by atoms with Crippen LogP contribution in [0.5, 0.6) is 0 Å². The second-order valence-corrected chi connectivity index (χ2v) is 6.42. The summed E-state index contributed by atoms with van der Waals surface area (Å²) in [7, 11) is 0. The Kier molecular flexibility index (Phi) is 4.70. The Bertz CT molecular complexity index is 819. The van der Waals surface area contributed by atoms with Crippen molar-refractivity contribution in [1.29, 1.82) is 0 Å². The van der Waals surface area contributed by atoms with E-state index >= 15 is 0 Å². The van der Waals surface area contributed by atoms with Gasteiger partial charge in [0.15, 0.2) is 0 Å². The van der Waals surface area contributed by atoms with Crippen LogP contribution < -0.4 is 5.32 Å². The number of likely N-dealkylation sites (tertiary alicyclic amines) is 1. The quantitative estimate of drug-likeness (QED) is 0.657. The number of benzene rings is 2. The number of rotatable bonds is 3. The monoisotopic (exact) mass is 339 g/mol. The van der Waals surface area contributed by atoms with Crippen LogP contribution in [-0.4, -0.2) is 22.4 Å². The standard InChI is InChI=1S/C19H21N3O3/c1-13-9-10-16(18(12-13)22(24)25)20-19(23)21-11-5-8-17(21)15-7-4-3-6-14(15)2/h3-4,6-7,9-10,12,17H,5,8,11H2,1-2H3,(H,20,23). The van der Waals surface area contributed by atoms with E-state index in [1.54, 1.807) is 24.0 Å². The second kappa shape index (κ2) is 6.93. The molecule has 2 aromatic carbocycles. The highest BCUT2D eigenvalue weighted by molar-refractivity contribution is 5.92. The summed E-state index contributed by atoms with van der Waals surface area (Å²) >= 11 is 0. The molecule has 2 aromatic rings. The van der Waals surface area contributed by atoms with Crippen molar-refractivity contribution in [3.05, 3.63) is 69.3 Å². The van der Waals surface area contributed by atoms with E-state index in [4.69, 9.17) is 0 Å². The van der Waals surface area contributed by atoms with Gasteiger partial charge in [0.05, 0.1) is 11.0 Å². The van der Waals surface area contributed by atoms with E-state index < -0.39 is 4.92 Å². The number of anilines is 1. The molecule has 1 atom stereocenters. The molecule has 0 aromatic heterocycles. The van der Waals surface area contributed by atoms with Crippen LogP contribution in [0.15, 0.2) is 42.5 Å². The predicted octanol–water partition coefficient (Wildman–Crippen LogP) is 4.58. The topological polar surface area (TPSA) is 75.5 Å². The number of nitrogens with zero attached hydrogens (tertiary/aromatic N) is 2. The Hall–Kier alpha value is -2.89. The Morgan fingerprint density at radius 3 is 2.72 bits per heavy atom. The molecule has 1 saturated heterocycles. The fourth-order valence-corrected chi connectivity index (χ4v) is 3.38. The van der Waals surface area contributed by atoms with E-state index in [1.807, 2.05) is 31.2 Å². The highest BCUT2D eigenvalue weighted by atomic mass is 16.6. The number of carbonyl (C=O) groups excluding carboxylic acids is 1. The first kappa shape index (κ1) is 17.0. The van der Waals surface area contributed by atoms with E-state index in [-0.39, 0.29) is 23.4 Å². The number of nitro benzene ring substituents is 1. The molecule has 1 aliphatic rings. The summed E-state index contributed by atoms with van der Waals surface area (Å²) < 4.78 is 0. The van der Waals surface area contributed by atoms with Gasteiger partial charge in [-0.05, 0) is 49.4 Å². The first-order valence-electron chi connectivity index (χ1n) is 8.35. The highest BCUT2D eigenvalue weighted by Gasteiger charge is 2.31. The maximum atomic E-state index is 12.8. The number of urea groups is 1. The van der Waals surface area contributed by atoms with Gasteiger partial charge in [-0.25, -0.2) is 4.79 Å². The van der Waals surface area contributed by atoms with Crippen LogP contribution in [0, 0.1) is 24.0 Å². The second-order valence-electron chi connectivity index (χ2n) is 6.42. The summed E-state index contributed by atoms with van der Waals surface area (Å²) in [5, 5.41) is 14.0. The Balaban J connectivity index is 1.84. The summed E-state index contributed by atoms with van der Waals surface area (Å²) in [6, 6.07) is 12.6. The molecular formula is C19H21N3O3. The average Bonchev–Trinajstić information content (AvgIpc) is 3.06. The zero-order valence-corrected chi connectivity index (χ0v) is 14.4. The van der Waals surface area contributed by atoms with Gasteiger partial charge < -0.3 is 10.2 Å². The van der Waals surface area contributed by atoms with E-state index in [1.165, 1.54) is 6.07 Å². The molecule has 1 N–H and O–H groups in total. The lowest BCUT2D eigenvalue weighted by Gasteiger charge is -2.26. The average molecular weight is 339 g/mol. The van der Waals surface area contributed by atoms with Crippen molar-refractivity contribution in [2.75, 3.05) is 11.9 Å². The molecule has 0 aliphatic carbocycles. The molecule has 25 heavy (non-hydrogen) atoms. The summed E-state index contributed by atoms with van der Waals surface area (Å²) in [4.78, 5) is 25.3. The van der Waals surface area contributed by atoms with Gasteiger partial charge in [0.1, 0.15) is 5.69 Å². The van der Waals surface area contributed by atoms with Crippen molar-refractivity contribution in [1.82, 2.24) is 4.90 Å². The summed E-state index contributed by atoms with van der Waals surface area (Å²) in [5.74, 6) is 0. The van der Waals surface area contributed by atoms with Crippen LogP contribution in [0.2, 0.25) is 0 Å². The first-order chi connectivity index (χ1) is 12.0. The van der Waals surface area contributed by atoms with Gasteiger partial charge in [0.25, 0.3) is 5.69 Å². The Labute approximate surface area is 146 Å². The Morgan fingerprint density at radius 1 is 1.24 bits per heavy atom. The third-order valence-electron chi connectivity index (χ3n) is 4.65. The molecule has 1 heterocycles. The number of amides is 2. The van der Waals surface area contributed by atoms with Gasteiger partial charge in [0.2, 0.25) is 0 Å². The maximum Gasteiger partial charge on any atom is 0.322 e. The largest absolute Gasteiger partial charge is 0.322 e. The maximum absolute atomic E-state index is 12.8. The van der Waals surface area contributed by atoms with Gasteiger partial charge in [-0.15, -0.1) is 0 Å². The third-order valence-corrected chi connectivity index (χ3v) is 4.65. The van der Waals surface area contributed by atoms with E-state index in [9.17, 15) is 14.9 Å². The zero-order valence-electron chi connectivity index (χ0n) is 14.4.